The summed E-state index contributed by atoms with van der Waals surface area (Å²) < 4.78 is 0. The summed E-state index contributed by atoms with van der Waals surface area (Å²) in [6.07, 6.45) is 0. The van der Waals surface area contributed by atoms with Crippen LogP contribution < -0.4 is 0 Å². The van der Waals surface area contributed by atoms with Crippen molar-refractivity contribution in [3.8, 4) is 44.5 Å². The molecule has 11 aromatic carbocycles. The molecule has 0 nitrogen and oxygen atoms in total. The Hall–Kier alpha value is -7.02. The van der Waals surface area contributed by atoms with Gasteiger partial charge in [0.15, 0.2) is 0 Å². The average Bonchev–Trinajstić information content (AvgIpc) is 3.25. The first kappa shape index (κ1) is 30.6. The lowest BCUT2D eigenvalue weighted by molar-refractivity contribution is 1.62. The number of hydrogen-bond donors (Lipinski definition) is 0. The molecule has 0 aliphatic rings. The van der Waals surface area contributed by atoms with Gasteiger partial charge < -0.3 is 0 Å². The van der Waals surface area contributed by atoms with Crippen LogP contribution in [-0.4, -0.2) is 0 Å². The molecule has 0 bridgehead atoms. The maximum atomic E-state index is 2.42. The van der Waals surface area contributed by atoms with Gasteiger partial charge in [-0.2, -0.15) is 0 Å². The molecule has 11 rings (SSSR count). The number of benzene rings is 11. The van der Waals surface area contributed by atoms with E-state index in [9.17, 15) is 0 Å². The van der Waals surface area contributed by atoms with Crippen molar-refractivity contribution in [3.63, 3.8) is 0 Å². The fourth-order valence-corrected chi connectivity index (χ4v) is 8.89. The molecular weight excluding hydrogens is 649 g/mol. The molecule has 0 heteroatoms. The van der Waals surface area contributed by atoms with Crippen LogP contribution in [0, 0.1) is 0 Å². The molecule has 11 aromatic rings. The molecule has 0 saturated carbocycles. The van der Waals surface area contributed by atoms with Crippen molar-refractivity contribution in [2.24, 2.45) is 0 Å². The van der Waals surface area contributed by atoms with E-state index in [0.29, 0.717) is 0 Å². The zero-order valence-corrected chi connectivity index (χ0v) is 29.6. The molecule has 250 valence electrons. The van der Waals surface area contributed by atoms with Crippen LogP contribution in [0.5, 0.6) is 0 Å². The van der Waals surface area contributed by atoms with E-state index in [4.69, 9.17) is 0 Å². The molecule has 0 aliphatic heterocycles. The van der Waals surface area contributed by atoms with Crippen LogP contribution in [0.1, 0.15) is 0 Å². The zero-order chi connectivity index (χ0) is 35.6. The summed E-state index contributed by atoms with van der Waals surface area (Å²) in [7, 11) is 0. The number of rotatable bonds is 4. The highest BCUT2D eigenvalue weighted by Crippen LogP contribution is 2.47. The largest absolute Gasteiger partial charge is 0.0616 e. The van der Waals surface area contributed by atoms with E-state index in [1.165, 1.54) is 109 Å². The third-order valence-electron chi connectivity index (χ3n) is 11.4. The third kappa shape index (κ3) is 4.85. The van der Waals surface area contributed by atoms with Crippen LogP contribution in [0.25, 0.3) is 109 Å². The fourth-order valence-electron chi connectivity index (χ4n) is 8.89. The van der Waals surface area contributed by atoms with E-state index in [0.717, 1.165) is 0 Å². The maximum Gasteiger partial charge on any atom is -0.00199 e. The van der Waals surface area contributed by atoms with Gasteiger partial charge in [0.2, 0.25) is 0 Å². The lowest BCUT2D eigenvalue weighted by atomic mass is 9.83. The highest BCUT2D eigenvalue weighted by atomic mass is 14.2. The first-order valence-electron chi connectivity index (χ1n) is 18.8. The van der Waals surface area contributed by atoms with E-state index in [1.54, 1.807) is 0 Å². The van der Waals surface area contributed by atoms with E-state index < -0.39 is 0 Å². The lowest BCUT2D eigenvalue weighted by Crippen LogP contribution is -1.92. The predicted octanol–water partition coefficient (Wildman–Crippen LogP) is 15.3. The predicted molar refractivity (Wildman–Crippen MR) is 233 cm³/mol. The van der Waals surface area contributed by atoms with Crippen molar-refractivity contribution in [1.29, 1.82) is 0 Å². The average molecular weight is 683 g/mol. The number of fused-ring (bicyclic) bond motifs is 7. The van der Waals surface area contributed by atoms with Crippen molar-refractivity contribution in [2.45, 2.75) is 0 Å². The highest BCUT2D eigenvalue weighted by Gasteiger charge is 2.19. The van der Waals surface area contributed by atoms with Crippen molar-refractivity contribution < 1.29 is 0 Å². The lowest BCUT2D eigenvalue weighted by Gasteiger charge is -2.20. The SMILES string of the molecule is c1ccc2cc(-c3c4ccccc4c(-c4cc(-c5ccc(-c6cc7ccccc7c7ccccc67)cc5)cc5ccccc45)c4ccccc34)ccc2c1. The molecule has 0 aromatic heterocycles. The van der Waals surface area contributed by atoms with Gasteiger partial charge in [0.25, 0.3) is 0 Å². The van der Waals surface area contributed by atoms with Gasteiger partial charge in [-0.1, -0.05) is 182 Å². The molecule has 0 heterocycles. The molecule has 0 N–H and O–H groups in total. The second kappa shape index (κ2) is 12.3. The third-order valence-corrected chi connectivity index (χ3v) is 11.4. The van der Waals surface area contributed by atoms with Gasteiger partial charge in [0.1, 0.15) is 0 Å². The first-order valence-corrected chi connectivity index (χ1v) is 18.8. The Kier molecular flexibility index (Phi) is 6.97. The van der Waals surface area contributed by atoms with Gasteiger partial charge in [-0.15, -0.1) is 0 Å². The topological polar surface area (TPSA) is 0 Å². The van der Waals surface area contributed by atoms with Gasteiger partial charge in [0, 0.05) is 0 Å². The van der Waals surface area contributed by atoms with Crippen molar-refractivity contribution in [3.05, 3.63) is 206 Å². The van der Waals surface area contributed by atoms with Crippen LogP contribution in [0.15, 0.2) is 206 Å². The molecule has 0 saturated heterocycles. The standard InChI is InChI=1S/C54H34/c1-2-14-38-31-41(30-27-35(38)13-1)53-47-21-9-11-23-49(47)54(50-24-12-10-22-48(50)53)52-34-42(32-39-15-3-6-18-44(39)52)36-25-28-37(29-26-36)51-33-40-16-4-5-17-43(40)45-19-7-8-20-46(45)51/h1-34H. The van der Waals surface area contributed by atoms with E-state index in [2.05, 4.69) is 206 Å². The van der Waals surface area contributed by atoms with Crippen LogP contribution in [0.4, 0.5) is 0 Å². The molecule has 0 unspecified atom stereocenters. The minimum Gasteiger partial charge on any atom is -0.0616 e. The summed E-state index contributed by atoms with van der Waals surface area (Å²) in [6, 6.07) is 76.2. The molecule has 0 spiro atoms. The summed E-state index contributed by atoms with van der Waals surface area (Å²) in [5.41, 5.74) is 9.97. The Morgan fingerprint density at radius 3 is 1.30 bits per heavy atom. The Morgan fingerprint density at radius 2 is 0.630 bits per heavy atom. The van der Waals surface area contributed by atoms with Crippen LogP contribution in [0.3, 0.4) is 0 Å². The fraction of sp³-hybridized carbons (Fsp3) is 0. The molecular formula is C54H34. The number of hydrogen-bond acceptors (Lipinski definition) is 0. The van der Waals surface area contributed by atoms with Crippen LogP contribution in [0.2, 0.25) is 0 Å². The van der Waals surface area contributed by atoms with Crippen LogP contribution in [-0.2, 0) is 0 Å². The summed E-state index contributed by atoms with van der Waals surface area (Å²) in [5, 5.41) is 15.2. The normalized spacial score (nSPS) is 11.7. The molecule has 0 fully saturated rings. The Bertz CT molecular complexity index is 3200. The second-order valence-electron chi connectivity index (χ2n) is 14.4. The summed E-state index contributed by atoms with van der Waals surface area (Å²) in [4.78, 5) is 0. The Balaban J connectivity index is 1.12. The second-order valence-corrected chi connectivity index (χ2v) is 14.4. The minimum atomic E-state index is 1.21. The van der Waals surface area contributed by atoms with E-state index >= 15 is 0 Å². The molecule has 54 heavy (non-hydrogen) atoms. The Morgan fingerprint density at radius 1 is 0.185 bits per heavy atom. The smallest absolute Gasteiger partial charge is 0.00199 e. The zero-order valence-electron chi connectivity index (χ0n) is 29.6. The maximum absolute atomic E-state index is 2.42. The van der Waals surface area contributed by atoms with Gasteiger partial charge in [-0.3, -0.25) is 0 Å². The van der Waals surface area contributed by atoms with Gasteiger partial charge in [0.05, 0.1) is 0 Å². The van der Waals surface area contributed by atoms with Crippen LogP contribution >= 0.6 is 0 Å². The molecule has 0 atom stereocenters. The van der Waals surface area contributed by atoms with Gasteiger partial charge in [-0.05, 0) is 133 Å². The molecule has 0 aliphatic carbocycles. The van der Waals surface area contributed by atoms with Crippen molar-refractivity contribution in [1.82, 2.24) is 0 Å². The van der Waals surface area contributed by atoms with Crippen molar-refractivity contribution >= 4 is 64.6 Å². The monoisotopic (exact) mass is 682 g/mol. The first-order chi connectivity index (χ1) is 26.8. The molecule has 0 amide bonds. The Labute approximate surface area is 314 Å². The van der Waals surface area contributed by atoms with Crippen molar-refractivity contribution in [2.75, 3.05) is 0 Å². The van der Waals surface area contributed by atoms with E-state index in [1.807, 2.05) is 0 Å². The summed E-state index contributed by atoms with van der Waals surface area (Å²) in [6.45, 7) is 0. The highest BCUT2D eigenvalue weighted by molar-refractivity contribution is 6.24. The minimum absolute atomic E-state index is 1.21. The summed E-state index contributed by atoms with van der Waals surface area (Å²) >= 11 is 0. The molecule has 0 radical (unpaired) electrons. The van der Waals surface area contributed by atoms with Gasteiger partial charge >= 0.3 is 0 Å². The van der Waals surface area contributed by atoms with E-state index in [-0.39, 0.29) is 0 Å². The van der Waals surface area contributed by atoms with Gasteiger partial charge in [-0.25, -0.2) is 0 Å². The quantitative estimate of drug-likeness (QED) is 0.128. The summed E-state index contributed by atoms with van der Waals surface area (Å²) in [5.74, 6) is 0.